The molecule has 0 amide bonds. The zero-order valence-electron chi connectivity index (χ0n) is 29.4. The highest BCUT2D eigenvalue weighted by Crippen LogP contribution is 2.69. The summed E-state index contributed by atoms with van der Waals surface area (Å²) in [7, 11) is 0. The normalized spacial score (nSPS) is 33.4. The van der Waals surface area contributed by atoms with Gasteiger partial charge in [0.05, 0.1) is 17.5 Å². The lowest BCUT2D eigenvalue weighted by Crippen LogP contribution is -2.43. The average Bonchev–Trinajstić information content (AvgIpc) is 3.54. The van der Waals surface area contributed by atoms with Gasteiger partial charge in [-0.25, -0.2) is 0 Å². The Kier molecular flexibility index (Phi) is 7.51. The Morgan fingerprint density at radius 1 is 0.712 bits per heavy atom. The molecule has 6 aliphatic carbocycles. The van der Waals surface area contributed by atoms with E-state index in [0.29, 0.717) is 35.1 Å². The molecule has 3 heterocycles. The molecule has 0 saturated heterocycles. The molecular formula is C49H43NS2. The minimum Gasteiger partial charge on any atom is -0.357 e. The highest BCUT2D eigenvalue weighted by Gasteiger charge is 2.55. The van der Waals surface area contributed by atoms with Crippen LogP contribution in [0.3, 0.4) is 0 Å². The highest BCUT2D eigenvalue weighted by molar-refractivity contribution is 8.06. The van der Waals surface area contributed by atoms with E-state index in [9.17, 15) is 0 Å². The van der Waals surface area contributed by atoms with Gasteiger partial charge in [0.15, 0.2) is 0 Å². The van der Waals surface area contributed by atoms with Gasteiger partial charge in [0.1, 0.15) is 0 Å². The number of thioether (sulfide) groups is 2. The van der Waals surface area contributed by atoms with Gasteiger partial charge in [-0.15, -0.1) is 11.8 Å². The molecule has 0 saturated carbocycles. The first-order valence-electron chi connectivity index (χ1n) is 19.4. The van der Waals surface area contributed by atoms with Crippen LogP contribution < -0.4 is 4.90 Å². The Balaban J connectivity index is 1.07. The Hall–Kier alpha value is -4.18. The van der Waals surface area contributed by atoms with Crippen molar-refractivity contribution < 1.29 is 0 Å². The zero-order valence-corrected chi connectivity index (χ0v) is 31.0. The van der Waals surface area contributed by atoms with Gasteiger partial charge in [-0.3, -0.25) is 0 Å². The molecule has 1 nitrogen and oxygen atoms in total. The number of hydrogen-bond acceptors (Lipinski definition) is 3. The summed E-state index contributed by atoms with van der Waals surface area (Å²) < 4.78 is 0. The fraction of sp³-hybridized carbons (Fsp3) is 0.265. The number of anilines is 1. The minimum absolute atomic E-state index is 0.244. The number of fused-ring (bicyclic) bond motifs is 8. The van der Waals surface area contributed by atoms with Crippen molar-refractivity contribution in [3.63, 3.8) is 0 Å². The first kappa shape index (κ1) is 31.4. The lowest BCUT2D eigenvalue weighted by molar-refractivity contribution is 0.565. The molecule has 2 aromatic rings. The molecule has 0 N–H and O–H groups in total. The van der Waals surface area contributed by atoms with Gasteiger partial charge in [0, 0.05) is 28.7 Å². The third kappa shape index (κ3) is 4.64. The summed E-state index contributed by atoms with van der Waals surface area (Å²) in [6, 6.07) is 21.0. The van der Waals surface area contributed by atoms with Crippen LogP contribution >= 0.6 is 23.5 Å². The van der Waals surface area contributed by atoms with Gasteiger partial charge in [0.2, 0.25) is 0 Å². The minimum atomic E-state index is -0.244. The first-order chi connectivity index (χ1) is 25.8. The molecule has 2 aromatic carbocycles. The Morgan fingerprint density at radius 2 is 1.58 bits per heavy atom. The number of nitrogens with zero attached hydrogens (tertiary/aromatic N) is 1. The van der Waals surface area contributed by atoms with E-state index in [1.54, 1.807) is 37.0 Å². The third-order valence-electron chi connectivity index (χ3n) is 12.9. The largest absolute Gasteiger partial charge is 0.357 e. The van der Waals surface area contributed by atoms with Gasteiger partial charge in [-0.2, -0.15) is 0 Å². The van der Waals surface area contributed by atoms with Crippen molar-refractivity contribution >= 4 is 29.2 Å². The number of benzene rings is 2. The molecule has 3 aliphatic heterocycles. The zero-order chi connectivity index (χ0) is 34.2. The third-order valence-corrected chi connectivity index (χ3v) is 15.7. The smallest absolute Gasteiger partial charge is 0.0698 e. The number of para-hydroxylation sites is 1. The maximum absolute atomic E-state index is 2.73. The molecule has 0 fully saturated rings. The Labute approximate surface area is 317 Å². The van der Waals surface area contributed by atoms with E-state index in [1.807, 2.05) is 0 Å². The van der Waals surface area contributed by atoms with Gasteiger partial charge >= 0.3 is 0 Å². The number of hydrogen-bond donors (Lipinski definition) is 0. The summed E-state index contributed by atoms with van der Waals surface area (Å²) in [5.41, 5.74) is 11.8. The van der Waals surface area contributed by atoms with Gasteiger partial charge in [0.25, 0.3) is 0 Å². The molecule has 7 atom stereocenters. The monoisotopic (exact) mass is 709 g/mol. The molecule has 9 aliphatic rings. The maximum Gasteiger partial charge on any atom is 0.0698 e. The second-order valence-corrected chi connectivity index (χ2v) is 18.0. The molecule has 3 heteroatoms. The van der Waals surface area contributed by atoms with Crippen LogP contribution in [0, 0.1) is 11.3 Å². The summed E-state index contributed by atoms with van der Waals surface area (Å²) in [6.45, 7) is 0. The summed E-state index contributed by atoms with van der Waals surface area (Å²) >= 11 is 4.30. The number of rotatable bonds is 3. The van der Waals surface area contributed by atoms with Crippen molar-refractivity contribution in [1.82, 2.24) is 0 Å². The van der Waals surface area contributed by atoms with Crippen LogP contribution in [0.15, 0.2) is 194 Å². The van der Waals surface area contributed by atoms with Crippen LogP contribution in [0.5, 0.6) is 0 Å². The summed E-state index contributed by atoms with van der Waals surface area (Å²) in [4.78, 5) is 7.53. The quantitative estimate of drug-likeness (QED) is 0.312. The van der Waals surface area contributed by atoms with Crippen molar-refractivity contribution in [3.8, 4) is 0 Å². The Morgan fingerprint density at radius 3 is 2.50 bits per heavy atom. The molecule has 52 heavy (non-hydrogen) atoms. The fourth-order valence-electron chi connectivity index (χ4n) is 10.7. The van der Waals surface area contributed by atoms with E-state index in [2.05, 4.69) is 180 Å². The van der Waals surface area contributed by atoms with Crippen molar-refractivity contribution in [2.24, 2.45) is 11.3 Å². The standard InChI is InChI=1S/C49H43NS2/c1-3-14-32(15-4-1)33-27-29-41-47(31-33)51-45-24-11-8-20-39(45)49(41)40-21-9-12-25-46(40)52-48-36(19-13-22-42(48)49)34-26-28-38-37-18-7-10-23-43(37)50(44(38)30-34)35-16-5-2-6-17-35/h1-10,12-16,18,20-23,26-30,33,35-36,38,44,46H,11,17,19,24-25,31H2. The van der Waals surface area contributed by atoms with Crippen LogP contribution in [-0.2, 0) is 0 Å². The van der Waals surface area contributed by atoms with E-state index in [4.69, 9.17) is 0 Å². The maximum atomic E-state index is 2.73. The lowest BCUT2D eigenvalue weighted by Gasteiger charge is -2.53. The van der Waals surface area contributed by atoms with E-state index < -0.39 is 0 Å². The molecule has 11 rings (SSSR count). The molecule has 0 radical (unpaired) electrons. The Bertz CT molecular complexity index is 2240. The summed E-state index contributed by atoms with van der Waals surface area (Å²) in [6.07, 6.45) is 46.0. The van der Waals surface area contributed by atoms with Gasteiger partial charge < -0.3 is 4.90 Å². The highest BCUT2D eigenvalue weighted by atomic mass is 32.2. The molecular weight excluding hydrogens is 667 g/mol. The lowest BCUT2D eigenvalue weighted by atomic mass is 9.57. The van der Waals surface area contributed by atoms with Crippen LogP contribution in [0.1, 0.15) is 61.5 Å². The van der Waals surface area contributed by atoms with Gasteiger partial charge in [-0.1, -0.05) is 158 Å². The average molecular weight is 710 g/mol. The van der Waals surface area contributed by atoms with Crippen LogP contribution in [0.25, 0.3) is 0 Å². The fourth-order valence-corrected chi connectivity index (χ4v) is 13.7. The predicted octanol–water partition coefficient (Wildman–Crippen LogP) is 12.5. The van der Waals surface area contributed by atoms with Crippen molar-refractivity contribution in [1.29, 1.82) is 0 Å². The second kappa shape index (κ2) is 12.5. The van der Waals surface area contributed by atoms with Crippen molar-refractivity contribution in [3.05, 3.63) is 206 Å². The molecule has 256 valence electrons. The van der Waals surface area contributed by atoms with E-state index in [-0.39, 0.29) is 5.41 Å². The van der Waals surface area contributed by atoms with Crippen molar-refractivity contribution in [2.45, 2.75) is 67.7 Å². The van der Waals surface area contributed by atoms with Crippen LogP contribution in [-0.4, -0.2) is 17.3 Å². The summed E-state index contributed by atoms with van der Waals surface area (Å²) in [5, 5.41) is 0.436. The van der Waals surface area contributed by atoms with Crippen LogP contribution in [0.2, 0.25) is 0 Å². The molecule has 1 spiro atoms. The molecule has 7 unspecified atom stereocenters. The predicted molar refractivity (Wildman–Crippen MR) is 222 cm³/mol. The topological polar surface area (TPSA) is 3.24 Å². The molecule has 0 bridgehead atoms. The van der Waals surface area contributed by atoms with E-state index >= 15 is 0 Å². The second-order valence-electron chi connectivity index (χ2n) is 15.5. The first-order valence-corrected chi connectivity index (χ1v) is 21.1. The van der Waals surface area contributed by atoms with Crippen molar-refractivity contribution in [2.75, 3.05) is 4.90 Å². The summed E-state index contributed by atoms with van der Waals surface area (Å²) in [5.74, 6) is 1.17. The van der Waals surface area contributed by atoms with E-state index in [0.717, 1.165) is 38.5 Å². The van der Waals surface area contributed by atoms with Gasteiger partial charge in [-0.05, 0) is 98.3 Å². The van der Waals surface area contributed by atoms with Crippen LogP contribution in [0.4, 0.5) is 5.69 Å². The number of allylic oxidation sites excluding steroid dienone is 19. The molecule has 0 aromatic heterocycles. The SMILES string of the molecule is C1=CCC2SC3=C(C=CCC3C3=CC4C(C=C3)c3ccccc3N4C3C=CC=CC3)C3(C2=C1)C1=C(CCC=C1)SC1=C3C=CC(c2ccccc2)C1. The van der Waals surface area contributed by atoms with E-state index in [1.165, 1.54) is 22.4 Å².